The smallest absolute Gasteiger partial charge is 0.262 e. The Balaban J connectivity index is 1.81. The molecule has 2 aromatic rings. The molecular formula is C14H12ClNO3S. The quantitative estimate of drug-likeness (QED) is 0.816. The zero-order valence-electron chi connectivity index (χ0n) is 10.5. The van der Waals surface area contributed by atoms with E-state index in [-0.39, 0.29) is 4.90 Å². The van der Waals surface area contributed by atoms with Gasteiger partial charge < -0.3 is 4.74 Å². The van der Waals surface area contributed by atoms with Crippen molar-refractivity contribution in [2.24, 2.45) is 0 Å². The molecule has 0 saturated heterocycles. The molecule has 0 unspecified atom stereocenters. The van der Waals surface area contributed by atoms with Crippen LogP contribution in [0.2, 0.25) is 0 Å². The molecule has 1 aliphatic carbocycles. The van der Waals surface area contributed by atoms with Crippen molar-refractivity contribution in [2.45, 2.75) is 24.2 Å². The van der Waals surface area contributed by atoms with Crippen LogP contribution in [0.4, 0.5) is 0 Å². The highest BCUT2D eigenvalue weighted by molar-refractivity contribution is 8.13. The number of benzene rings is 1. The first kappa shape index (κ1) is 13.4. The minimum atomic E-state index is -3.75. The summed E-state index contributed by atoms with van der Waals surface area (Å²) in [5, 5.41) is 0. The van der Waals surface area contributed by atoms with Crippen molar-refractivity contribution in [1.82, 2.24) is 4.98 Å². The number of nitrogens with zero attached hydrogens (tertiary/aromatic N) is 1. The third-order valence-corrected chi connectivity index (χ3v) is 4.62. The van der Waals surface area contributed by atoms with Crippen LogP contribution < -0.4 is 4.74 Å². The number of aromatic nitrogens is 1. The maximum Gasteiger partial charge on any atom is 0.262 e. The van der Waals surface area contributed by atoms with E-state index in [2.05, 4.69) is 11.1 Å². The van der Waals surface area contributed by atoms with E-state index in [0.717, 1.165) is 12.8 Å². The summed E-state index contributed by atoms with van der Waals surface area (Å²) in [6.45, 7) is 0. The van der Waals surface area contributed by atoms with Crippen LogP contribution in [-0.4, -0.2) is 13.4 Å². The molecule has 0 aliphatic heterocycles. The van der Waals surface area contributed by atoms with Gasteiger partial charge in [-0.15, -0.1) is 0 Å². The molecule has 3 rings (SSSR count). The molecule has 104 valence electrons. The van der Waals surface area contributed by atoms with Crippen molar-refractivity contribution in [2.75, 3.05) is 0 Å². The van der Waals surface area contributed by atoms with Crippen molar-refractivity contribution >= 4 is 19.7 Å². The summed E-state index contributed by atoms with van der Waals surface area (Å²) in [4.78, 5) is 3.91. The molecule has 1 heterocycles. The Morgan fingerprint density at radius 2 is 1.90 bits per heavy atom. The summed E-state index contributed by atoms with van der Waals surface area (Å²) in [6.07, 6.45) is 4.56. The lowest BCUT2D eigenvalue weighted by molar-refractivity contribution is 0.461. The van der Waals surface area contributed by atoms with Crippen molar-refractivity contribution in [3.8, 4) is 11.6 Å². The monoisotopic (exact) mass is 309 g/mol. The highest BCUT2D eigenvalue weighted by atomic mass is 35.7. The predicted octanol–water partition coefficient (Wildman–Crippen LogP) is 3.29. The van der Waals surface area contributed by atoms with Crippen LogP contribution in [0.1, 0.15) is 17.5 Å². The van der Waals surface area contributed by atoms with E-state index in [4.69, 9.17) is 15.4 Å². The lowest BCUT2D eigenvalue weighted by atomic mass is 10.1. The van der Waals surface area contributed by atoms with Gasteiger partial charge in [0.15, 0.2) is 0 Å². The van der Waals surface area contributed by atoms with E-state index in [1.165, 1.54) is 35.9 Å². The van der Waals surface area contributed by atoms with Gasteiger partial charge in [0.2, 0.25) is 5.88 Å². The number of hydrogen-bond acceptors (Lipinski definition) is 4. The molecule has 20 heavy (non-hydrogen) atoms. The molecule has 1 aliphatic rings. The van der Waals surface area contributed by atoms with Gasteiger partial charge in [-0.1, -0.05) is 6.07 Å². The van der Waals surface area contributed by atoms with Crippen LogP contribution >= 0.6 is 10.7 Å². The standard InChI is InChI=1S/C14H12ClNO3S/c15-20(17,18)13-6-7-14(16-9-13)19-12-5-4-10-2-1-3-11(10)8-12/h4-9H,1-3H2. The number of hydrogen-bond donors (Lipinski definition) is 0. The van der Waals surface area contributed by atoms with Crippen LogP contribution in [0.3, 0.4) is 0 Å². The third-order valence-electron chi connectivity index (χ3n) is 3.28. The Kier molecular flexibility index (Phi) is 3.40. The highest BCUT2D eigenvalue weighted by Crippen LogP contribution is 2.28. The van der Waals surface area contributed by atoms with E-state index in [1.54, 1.807) is 0 Å². The lowest BCUT2D eigenvalue weighted by Gasteiger charge is -2.07. The second-order valence-corrected chi connectivity index (χ2v) is 7.22. The molecule has 4 nitrogen and oxygen atoms in total. The number of ether oxygens (including phenoxy) is 1. The molecule has 0 N–H and O–H groups in total. The topological polar surface area (TPSA) is 56.3 Å². The second-order valence-electron chi connectivity index (χ2n) is 4.66. The lowest BCUT2D eigenvalue weighted by Crippen LogP contribution is -1.94. The van der Waals surface area contributed by atoms with E-state index in [1.807, 2.05) is 12.1 Å². The van der Waals surface area contributed by atoms with E-state index in [9.17, 15) is 8.42 Å². The molecule has 0 radical (unpaired) electrons. The average molecular weight is 310 g/mol. The van der Waals surface area contributed by atoms with Crippen molar-refractivity contribution in [3.63, 3.8) is 0 Å². The van der Waals surface area contributed by atoms with Gasteiger partial charge in [-0.3, -0.25) is 0 Å². The second kappa shape index (κ2) is 5.07. The zero-order valence-corrected chi connectivity index (χ0v) is 12.1. The van der Waals surface area contributed by atoms with Gasteiger partial charge in [-0.05, 0) is 48.6 Å². The number of fused-ring (bicyclic) bond motifs is 1. The normalized spacial score (nSPS) is 14.1. The van der Waals surface area contributed by atoms with Gasteiger partial charge in [0.25, 0.3) is 9.05 Å². The first-order valence-electron chi connectivity index (χ1n) is 6.23. The van der Waals surface area contributed by atoms with E-state index >= 15 is 0 Å². The Bertz CT molecular complexity index is 742. The fraction of sp³-hybridized carbons (Fsp3) is 0.214. The summed E-state index contributed by atoms with van der Waals surface area (Å²) in [5.74, 6) is 1.05. The molecule has 1 aromatic carbocycles. The van der Waals surface area contributed by atoms with Crippen LogP contribution in [0.25, 0.3) is 0 Å². The number of aryl methyl sites for hydroxylation is 2. The Morgan fingerprint density at radius 3 is 2.60 bits per heavy atom. The Labute approximate surface area is 121 Å². The minimum Gasteiger partial charge on any atom is -0.439 e. The molecule has 0 amide bonds. The maximum atomic E-state index is 11.1. The number of rotatable bonds is 3. The number of pyridine rings is 1. The minimum absolute atomic E-state index is 0.0412. The molecule has 0 saturated carbocycles. The van der Waals surface area contributed by atoms with Crippen LogP contribution in [0, 0.1) is 0 Å². The fourth-order valence-electron chi connectivity index (χ4n) is 2.30. The van der Waals surface area contributed by atoms with Gasteiger partial charge in [0.1, 0.15) is 10.6 Å². The van der Waals surface area contributed by atoms with Gasteiger partial charge in [0.05, 0.1) is 6.20 Å². The fourth-order valence-corrected chi connectivity index (χ4v) is 2.99. The highest BCUT2D eigenvalue weighted by Gasteiger charge is 2.13. The molecule has 0 bridgehead atoms. The van der Waals surface area contributed by atoms with Crippen molar-refractivity contribution < 1.29 is 13.2 Å². The van der Waals surface area contributed by atoms with Crippen LogP contribution in [0.15, 0.2) is 41.4 Å². The summed E-state index contributed by atoms with van der Waals surface area (Å²) in [6, 6.07) is 8.84. The molecule has 0 spiro atoms. The van der Waals surface area contributed by atoms with Gasteiger partial charge in [-0.2, -0.15) is 0 Å². The van der Waals surface area contributed by atoms with Crippen molar-refractivity contribution in [3.05, 3.63) is 47.7 Å². The first-order valence-corrected chi connectivity index (χ1v) is 8.54. The summed E-state index contributed by atoms with van der Waals surface area (Å²) >= 11 is 0. The van der Waals surface area contributed by atoms with E-state index < -0.39 is 9.05 Å². The molecule has 0 fully saturated rings. The largest absolute Gasteiger partial charge is 0.439 e. The summed E-state index contributed by atoms with van der Waals surface area (Å²) in [5.41, 5.74) is 2.68. The Hall–Kier alpha value is -1.59. The first-order chi connectivity index (χ1) is 9.52. The maximum absolute atomic E-state index is 11.1. The molecular weight excluding hydrogens is 298 g/mol. The molecule has 1 aromatic heterocycles. The molecule has 6 heteroatoms. The van der Waals surface area contributed by atoms with Gasteiger partial charge in [-0.25, -0.2) is 13.4 Å². The van der Waals surface area contributed by atoms with E-state index in [0.29, 0.717) is 11.6 Å². The SMILES string of the molecule is O=S(=O)(Cl)c1ccc(Oc2ccc3c(c2)CCC3)nc1. The van der Waals surface area contributed by atoms with Crippen LogP contribution in [0.5, 0.6) is 11.6 Å². The van der Waals surface area contributed by atoms with Crippen molar-refractivity contribution in [1.29, 1.82) is 0 Å². The van der Waals surface area contributed by atoms with Crippen LogP contribution in [-0.2, 0) is 21.9 Å². The Morgan fingerprint density at radius 1 is 1.10 bits per heavy atom. The van der Waals surface area contributed by atoms with Gasteiger partial charge in [0, 0.05) is 16.7 Å². The third kappa shape index (κ3) is 2.78. The molecule has 0 atom stereocenters. The zero-order chi connectivity index (χ0) is 14.2. The number of halogens is 1. The van der Waals surface area contributed by atoms with Gasteiger partial charge >= 0.3 is 0 Å². The summed E-state index contributed by atoms with van der Waals surface area (Å²) in [7, 11) is 1.48. The predicted molar refractivity (Wildman–Crippen MR) is 75.8 cm³/mol. The summed E-state index contributed by atoms with van der Waals surface area (Å²) < 4.78 is 27.9. The average Bonchev–Trinajstić information content (AvgIpc) is 2.86.